The molecule has 80 valence electrons. The van der Waals surface area contributed by atoms with Crippen molar-refractivity contribution in [2.24, 2.45) is 5.92 Å². The summed E-state index contributed by atoms with van der Waals surface area (Å²) in [5, 5.41) is 0.656. The van der Waals surface area contributed by atoms with Gasteiger partial charge in [-0.1, -0.05) is 11.6 Å². The van der Waals surface area contributed by atoms with Crippen molar-refractivity contribution in [3.63, 3.8) is 0 Å². The van der Waals surface area contributed by atoms with E-state index in [1.54, 1.807) is 0 Å². The summed E-state index contributed by atoms with van der Waals surface area (Å²) in [6, 6.07) is 0. The summed E-state index contributed by atoms with van der Waals surface area (Å²) >= 11 is 8.41. The quantitative estimate of drug-likeness (QED) is 0.624. The Morgan fingerprint density at radius 3 is 2.53 bits per heavy atom. The van der Waals surface area contributed by atoms with Crippen LogP contribution in [0.4, 0.5) is 0 Å². The molecule has 0 amide bonds. The van der Waals surface area contributed by atoms with Gasteiger partial charge in [-0.3, -0.25) is 0 Å². The van der Waals surface area contributed by atoms with Gasteiger partial charge < -0.3 is 0 Å². The number of rotatable bonds is 3. The number of nitrogens with zero attached hydrogens (tertiary/aromatic N) is 2. The fourth-order valence-corrected chi connectivity index (χ4v) is 2.66. The Balaban J connectivity index is 1.93. The Morgan fingerprint density at radius 1 is 1.20 bits per heavy atom. The molecule has 4 heteroatoms. The van der Waals surface area contributed by atoms with E-state index < -0.39 is 0 Å². The zero-order valence-corrected chi connectivity index (χ0v) is 11.3. The first kappa shape index (κ1) is 10.3. The largest absolute Gasteiger partial charge is 0.236 e. The molecular weight excluding hydrogens is 322 g/mol. The molecule has 1 heterocycles. The first-order valence-electron chi connectivity index (χ1n) is 5.46. The van der Waals surface area contributed by atoms with Crippen LogP contribution < -0.4 is 0 Å². The van der Waals surface area contributed by atoms with E-state index in [4.69, 9.17) is 11.6 Å². The molecule has 0 bridgehead atoms. The summed E-state index contributed by atoms with van der Waals surface area (Å²) in [5.74, 6) is 2.45. The second kappa shape index (κ2) is 3.84. The van der Waals surface area contributed by atoms with Gasteiger partial charge in [-0.15, -0.1) is 0 Å². The average Bonchev–Trinajstić information content (AvgIpc) is 3.01. The second-order valence-electron chi connectivity index (χ2n) is 4.55. The van der Waals surface area contributed by atoms with Crippen LogP contribution >= 0.6 is 34.2 Å². The van der Waals surface area contributed by atoms with Crippen molar-refractivity contribution in [3.05, 3.63) is 20.2 Å². The first-order valence-corrected chi connectivity index (χ1v) is 6.91. The Hall–Kier alpha value is 0.100. The summed E-state index contributed by atoms with van der Waals surface area (Å²) < 4.78 is 1.07. The number of hydrogen-bond donors (Lipinski definition) is 0. The third-order valence-electron chi connectivity index (χ3n) is 3.01. The molecule has 0 unspecified atom stereocenters. The third kappa shape index (κ3) is 2.28. The SMILES string of the molecule is Clc1nc(CC2CC2)nc(C2CC2)c1I. The summed E-state index contributed by atoms with van der Waals surface area (Å²) in [5.41, 5.74) is 1.20. The van der Waals surface area contributed by atoms with Crippen molar-refractivity contribution in [2.45, 2.75) is 38.0 Å². The van der Waals surface area contributed by atoms with Crippen molar-refractivity contribution >= 4 is 34.2 Å². The zero-order valence-electron chi connectivity index (χ0n) is 8.34. The molecule has 2 nitrogen and oxygen atoms in total. The van der Waals surface area contributed by atoms with Gasteiger partial charge >= 0.3 is 0 Å². The second-order valence-corrected chi connectivity index (χ2v) is 5.99. The molecule has 0 aromatic carbocycles. The van der Waals surface area contributed by atoms with Crippen LogP contribution in [-0.4, -0.2) is 9.97 Å². The molecule has 1 aromatic heterocycles. The van der Waals surface area contributed by atoms with Gasteiger partial charge in [0.15, 0.2) is 0 Å². The molecule has 0 spiro atoms. The highest BCUT2D eigenvalue weighted by atomic mass is 127. The van der Waals surface area contributed by atoms with Gasteiger partial charge in [0.1, 0.15) is 11.0 Å². The maximum Gasteiger partial charge on any atom is 0.146 e. The fraction of sp³-hybridized carbons (Fsp3) is 0.636. The smallest absolute Gasteiger partial charge is 0.146 e. The molecule has 2 aliphatic carbocycles. The predicted octanol–water partition coefficient (Wildman–Crippen LogP) is 3.56. The monoisotopic (exact) mass is 334 g/mol. The molecule has 0 radical (unpaired) electrons. The van der Waals surface area contributed by atoms with Crippen LogP contribution in [0.15, 0.2) is 0 Å². The highest BCUT2D eigenvalue weighted by Crippen LogP contribution is 2.42. The normalized spacial score (nSPS) is 20.7. The number of aromatic nitrogens is 2. The van der Waals surface area contributed by atoms with E-state index in [0.29, 0.717) is 11.1 Å². The van der Waals surface area contributed by atoms with Crippen molar-refractivity contribution in [3.8, 4) is 0 Å². The fourth-order valence-electron chi connectivity index (χ4n) is 1.78. The van der Waals surface area contributed by atoms with E-state index in [9.17, 15) is 0 Å². The molecule has 2 aliphatic rings. The Kier molecular flexibility index (Phi) is 2.63. The minimum absolute atomic E-state index is 0.656. The van der Waals surface area contributed by atoms with E-state index >= 15 is 0 Å². The van der Waals surface area contributed by atoms with Crippen LogP contribution in [0, 0.1) is 9.49 Å². The lowest BCUT2D eigenvalue weighted by atomic mass is 10.2. The topological polar surface area (TPSA) is 25.8 Å². The van der Waals surface area contributed by atoms with Gasteiger partial charge in [-0.2, -0.15) is 0 Å². The average molecular weight is 335 g/mol. The summed E-state index contributed by atoms with van der Waals surface area (Å²) in [6.07, 6.45) is 6.24. The Bertz CT molecular complexity index is 400. The van der Waals surface area contributed by atoms with Gasteiger partial charge in [-0.25, -0.2) is 9.97 Å². The molecule has 0 atom stereocenters. The lowest BCUT2D eigenvalue weighted by molar-refractivity contribution is 0.753. The lowest BCUT2D eigenvalue weighted by Gasteiger charge is -2.06. The zero-order chi connectivity index (χ0) is 10.4. The first-order chi connectivity index (χ1) is 7.24. The minimum atomic E-state index is 0.656. The van der Waals surface area contributed by atoms with Crippen LogP contribution in [0.3, 0.4) is 0 Å². The maximum absolute atomic E-state index is 6.14. The molecule has 0 N–H and O–H groups in total. The summed E-state index contributed by atoms with van der Waals surface area (Å²) in [6.45, 7) is 0. The predicted molar refractivity (Wildman–Crippen MR) is 68.2 cm³/mol. The van der Waals surface area contributed by atoms with E-state index in [0.717, 1.165) is 21.7 Å². The molecule has 0 aliphatic heterocycles. The molecular formula is C11H12ClIN2. The van der Waals surface area contributed by atoms with Crippen LogP contribution in [0.25, 0.3) is 0 Å². The van der Waals surface area contributed by atoms with E-state index in [1.807, 2.05) is 0 Å². The molecule has 2 fully saturated rings. The molecule has 3 rings (SSSR count). The van der Waals surface area contributed by atoms with Crippen molar-refractivity contribution in [1.29, 1.82) is 0 Å². The van der Waals surface area contributed by atoms with Crippen LogP contribution in [-0.2, 0) is 6.42 Å². The van der Waals surface area contributed by atoms with Crippen LogP contribution in [0.5, 0.6) is 0 Å². The van der Waals surface area contributed by atoms with Gasteiger partial charge in [0.05, 0.1) is 9.26 Å². The highest BCUT2D eigenvalue weighted by molar-refractivity contribution is 14.1. The van der Waals surface area contributed by atoms with Crippen LogP contribution in [0.1, 0.15) is 43.1 Å². The summed E-state index contributed by atoms with van der Waals surface area (Å²) in [4.78, 5) is 9.04. The number of halogens is 2. The van der Waals surface area contributed by atoms with Crippen molar-refractivity contribution in [2.75, 3.05) is 0 Å². The molecule has 1 aromatic rings. The van der Waals surface area contributed by atoms with E-state index in [1.165, 1.54) is 31.4 Å². The van der Waals surface area contributed by atoms with Crippen molar-refractivity contribution in [1.82, 2.24) is 9.97 Å². The Morgan fingerprint density at radius 2 is 1.93 bits per heavy atom. The molecule has 2 saturated carbocycles. The third-order valence-corrected chi connectivity index (χ3v) is 4.67. The van der Waals surface area contributed by atoms with E-state index in [2.05, 4.69) is 32.6 Å². The lowest BCUT2D eigenvalue weighted by Crippen LogP contribution is -2.03. The minimum Gasteiger partial charge on any atom is -0.236 e. The van der Waals surface area contributed by atoms with Gasteiger partial charge in [-0.05, 0) is 54.2 Å². The van der Waals surface area contributed by atoms with E-state index in [-0.39, 0.29) is 0 Å². The number of hydrogen-bond acceptors (Lipinski definition) is 2. The van der Waals surface area contributed by atoms with Gasteiger partial charge in [0, 0.05) is 12.3 Å². The molecule has 15 heavy (non-hydrogen) atoms. The van der Waals surface area contributed by atoms with Crippen LogP contribution in [0.2, 0.25) is 5.15 Å². The Labute approximate surface area is 108 Å². The highest BCUT2D eigenvalue weighted by Gasteiger charge is 2.30. The molecule has 0 saturated heterocycles. The van der Waals surface area contributed by atoms with Gasteiger partial charge in [0.2, 0.25) is 0 Å². The van der Waals surface area contributed by atoms with Gasteiger partial charge in [0.25, 0.3) is 0 Å². The summed E-state index contributed by atoms with van der Waals surface area (Å²) in [7, 11) is 0. The van der Waals surface area contributed by atoms with Crippen molar-refractivity contribution < 1.29 is 0 Å². The maximum atomic E-state index is 6.14. The standard InChI is InChI=1S/C11H12ClIN2/c12-11-9(13)10(7-3-4-7)14-8(15-11)5-6-1-2-6/h6-7H,1-5H2.